The monoisotopic (exact) mass is 654 g/mol. The molecular formula is C31H30ClF3N8O3. The predicted molar refractivity (Wildman–Crippen MR) is 157 cm³/mol. The molecule has 240 valence electrons. The molecule has 0 saturated heterocycles. The van der Waals surface area contributed by atoms with E-state index < -0.39 is 29.4 Å². The smallest absolute Gasteiger partial charge is 0.416 e. The highest BCUT2D eigenvalue weighted by Crippen LogP contribution is 2.43. The van der Waals surface area contributed by atoms with Gasteiger partial charge in [0.05, 0.1) is 50.5 Å². The number of carbonyl (C=O) groups excluding carboxylic acids is 1. The second-order valence-electron chi connectivity index (χ2n) is 11.2. The van der Waals surface area contributed by atoms with Crippen molar-refractivity contribution in [3.8, 4) is 6.07 Å². The molecule has 11 nitrogen and oxygen atoms in total. The number of alkyl halides is 3. The van der Waals surface area contributed by atoms with E-state index in [4.69, 9.17) is 4.74 Å². The van der Waals surface area contributed by atoms with Crippen molar-refractivity contribution in [1.29, 1.82) is 5.26 Å². The number of fused-ring (bicyclic) bond motifs is 1. The van der Waals surface area contributed by atoms with Crippen molar-refractivity contribution in [2.75, 3.05) is 32.6 Å². The summed E-state index contributed by atoms with van der Waals surface area (Å²) in [5.74, 6) is -0.125. The molecule has 5 rings (SSSR count). The van der Waals surface area contributed by atoms with Gasteiger partial charge in [0.1, 0.15) is 12.6 Å². The Bertz CT molecular complexity index is 1880. The van der Waals surface area contributed by atoms with Gasteiger partial charge in [0.2, 0.25) is 5.95 Å². The number of hydrogen-bond donors (Lipinski definition) is 1. The third-order valence-electron chi connectivity index (χ3n) is 7.72. The quantitative estimate of drug-likeness (QED) is 0.222. The number of anilines is 2. The van der Waals surface area contributed by atoms with Crippen LogP contribution in [-0.4, -0.2) is 62.9 Å². The first-order valence-electron chi connectivity index (χ1n) is 13.9. The number of methoxy groups -OCH3 is 1. The molecule has 4 aromatic rings. The number of rotatable bonds is 8. The second-order valence-corrected chi connectivity index (χ2v) is 11.2. The van der Waals surface area contributed by atoms with Gasteiger partial charge in [-0.1, -0.05) is 12.1 Å². The van der Waals surface area contributed by atoms with Gasteiger partial charge < -0.3 is 21.6 Å². The third kappa shape index (κ3) is 6.65. The molecular weight excluding hydrogens is 625 g/mol. The zero-order chi connectivity index (χ0) is 32.5. The number of nitriles is 1. The lowest BCUT2D eigenvalue weighted by atomic mass is 9.89. The molecule has 0 aliphatic carbocycles. The molecule has 2 aromatic carbocycles. The van der Waals surface area contributed by atoms with Crippen LogP contribution in [0.2, 0.25) is 0 Å². The fourth-order valence-corrected chi connectivity index (χ4v) is 5.53. The van der Waals surface area contributed by atoms with Crippen molar-refractivity contribution in [1.82, 2.24) is 24.7 Å². The number of nitrogens with one attached hydrogen (secondary N) is 1. The number of esters is 1. The van der Waals surface area contributed by atoms with Gasteiger partial charge in [-0.2, -0.15) is 18.4 Å². The molecule has 1 atom stereocenters. The Hall–Kier alpha value is -5.00. The number of hydrogen-bond acceptors (Lipinski definition) is 8. The van der Waals surface area contributed by atoms with E-state index in [1.54, 1.807) is 43.6 Å². The Balaban J connectivity index is 0.00000480. The molecule has 3 heterocycles. The van der Waals surface area contributed by atoms with Gasteiger partial charge in [0.25, 0.3) is 0 Å². The highest BCUT2D eigenvalue weighted by molar-refractivity contribution is 5.93. The van der Waals surface area contributed by atoms with Crippen molar-refractivity contribution >= 4 is 17.6 Å². The fraction of sp³-hybridized carbons (Fsp3) is 0.290. The van der Waals surface area contributed by atoms with Crippen LogP contribution in [0.25, 0.3) is 0 Å². The van der Waals surface area contributed by atoms with Gasteiger partial charge in [0.15, 0.2) is 5.82 Å². The second kappa shape index (κ2) is 13.2. The molecule has 1 aliphatic heterocycles. The Kier molecular flexibility index (Phi) is 9.69. The minimum Gasteiger partial charge on any atom is -1.00 e. The van der Waals surface area contributed by atoms with E-state index in [0.29, 0.717) is 46.5 Å². The van der Waals surface area contributed by atoms with Crippen molar-refractivity contribution in [2.24, 2.45) is 0 Å². The number of carbonyl (C=O) groups is 1. The number of aromatic nitrogens is 5. The topological polar surface area (TPSA) is 130 Å². The summed E-state index contributed by atoms with van der Waals surface area (Å²) in [6.45, 7) is 2.67. The largest absolute Gasteiger partial charge is 1.00 e. The van der Waals surface area contributed by atoms with Crippen molar-refractivity contribution < 1.29 is 39.6 Å². The number of aromatic amines is 1. The number of nitrogens with zero attached hydrogens (tertiary/aromatic N) is 7. The lowest BCUT2D eigenvalue weighted by Crippen LogP contribution is -3.00. The van der Waals surface area contributed by atoms with Crippen molar-refractivity contribution in [2.45, 2.75) is 32.1 Å². The molecule has 46 heavy (non-hydrogen) atoms. The summed E-state index contributed by atoms with van der Waals surface area (Å²) >= 11 is 0. The van der Waals surface area contributed by atoms with Gasteiger partial charge in [-0.25, -0.2) is 29.2 Å². The summed E-state index contributed by atoms with van der Waals surface area (Å²) in [6, 6.07) is 12.3. The average Bonchev–Trinajstić information content (AvgIpc) is 3.39. The van der Waals surface area contributed by atoms with Gasteiger partial charge in [0, 0.05) is 30.2 Å². The molecule has 0 saturated carbocycles. The zero-order valence-electron chi connectivity index (χ0n) is 25.3. The molecule has 0 radical (unpaired) electrons. The summed E-state index contributed by atoms with van der Waals surface area (Å²) in [7, 11) is 5.22. The minimum absolute atomic E-state index is 0. The summed E-state index contributed by atoms with van der Waals surface area (Å²) in [5, 5.41) is 16.3. The molecule has 1 unspecified atom stereocenters. The number of quaternary nitrogens is 1. The first kappa shape index (κ1) is 33.9. The summed E-state index contributed by atoms with van der Waals surface area (Å²) in [5.41, 5.74) is 0.326. The number of H-pyrrole nitrogens is 1. The standard InChI is InChI=1S/C31H29F3N8O3.ClH/c1-19-26(28(43)45-4)27(41-29(38-39-30(41)44)40(19)23-8-5-7-22(16-23)31(32,33)34)24-10-9-20(17-35)15-21(24)11-14-42(2,3)18-25-36-12-6-13-37-25;/h5-10,12-13,15-16,27H,11,14,18H2,1-4H3;1H. The molecule has 1 N–H and O–H groups in total. The zero-order valence-corrected chi connectivity index (χ0v) is 26.1. The Labute approximate surface area is 268 Å². The molecule has 0 amide bonds. The maximum atomic E-state index is 13.6. The number of ether oxygens (including phenoxy) is 1. The SMILES string of the molecule is COC(=O)C1=C(C)N(c2cccc(C(F)(F)F)c2)c2n[nH]c(=O)n2C1c1ccc(C#N)cc1CC[N+](C)(C)Cc1ncccn1.[Cl-]. The highest BCUT2D eigenvalue weighted by atomic mass is 35.5. The van der Waals surface area contributed by atoms with E-state index in [9.17, 15) is 28.0 Å². The van der Waals surface area contributed by atoms with E-state index in [0.717, 1.165) is 12.1 Å². The predicted octanol–water partition coefficient (Wildman–Crippen LogP) is 1.26. The lowest BCUT2D eigenvalue weighted by molar-refractivity contribution is -0.904. The first-order chi connectivity index (χ1) is 21.3. The maximum Gasteiger partial charge on any atom is 0.416 e. The van der Waals surface area contributed by atoms with Crippen molar-refractivity contribution in [3.05, 3.63) is 111 Å². The van der Waals surface area contributed by atoms with Crippen molar-refractivity contribution in [3.63, 3.8) is 0 Å². The van der Waals surface area contributed by atoms with Crippen LogP contribution in [0.4, 0.5) is 24.8 Å². The molecule has 0 fully saturated rings. The van der Waals surface area contributed by atoms with Crippen LogP contribution in [0, 0.1) is 11.3 Å². The van der Waals surface area contributed by atoms with E-state index >= 15 is 0 Å². The van der Waals surface area contributed by atoms with Crippen LogP contribution >= 0.6 is 0 Å². The summed E-state index contributed by atoms with van der Waals surface area (Å²) < 4.78 is 47.8. The van der Waals surface area contributed by atoms with Crippen LogP contribution in [0.15, 0.2) is 77.0 Å². The van der Waals surface area contributed by atoms with Crippen LogP contribution < -0.4 is 23.0 Å². The van der Waals surface area contributed by atoms with Gasteiger partial charge in [-0.15, -0.1) is 5.10 Å². The average molecular weight is 655 g/mol. The molecule has 0 spiro atoms. The first-order valence-corrected chi connectivity index (χ1v) is 13.9. The molecule has 0 bridgehead atoms. The van der Waals surface area contributed by atoms with Crippen LogP contribution in [0.1, 0.15) is 41.0 Å². The minimum atomic E-state index is -4.63. The fourth-order valence-electron chi connectivity index (χ4n) is 5.53. The van der Waals surface area contributed by atoms with Gasteiger partial charge >= 0.3 is 17.8 Å². The summed E-state index contributed by atoms with van der Waals surface area (Å²) in [6.07, 6.45) is -0.843. The van der Waals surface area contributed by atoms with Gasteiger partial charge in [-0.05, 0) is 54.4 Å². The van der Waals surface area contributed by atoms with E-state index in [-0.39, 0.29) is 35.3 Å². The van der Waals surface area contributed by atoms with Crippen LogP contribution in [0.3, 0.4) is 0 Å². The normalized spacial score (nSPS) is 14.7. The lowest BCUT2D eigenvalue weighted by Gasteiger charge is -2.36. The van der Waals surface area contributed by atoms with E-state index in [2.05, 4.69) is 26.2 Å². The third-order valence-corrected chi connectivity index (χ3v) is 7.72. The number of benzene rings is 2. The van der Waals surface area contributed by atoms with Gasteiger partial charge in [-0.3, -0.25) is 4.90 Å². The van der Waals surface area contributed by atoms with E-state index in [1.165, 1.54) is 28.7 Å². The Morgan fingerprint density at radius 2 is 1.85 bits per heavy atom. The summed E-state index contributed by atoms with van der Waals surface area (Å²) in [4.78, 5) is 36.8. The Morgan fingerprint density at radius 1 is 1.13 bits per heavy atom. The van der Waals surface area contributed by atoms with E-state index in [1.807, 2.05) is 14.1 Å². The number of likely N-dealkylation sites (N-methyl/N-ethyl adjacent to an activating group) is 1. The van der Waals surface area contributed by atoms with Crippen LogP contribution in [-0.2, 0) is 28.7 Å². The molecule has 15 heteroatoms. The maximum absolute atomic E-state index is 13.6. The number of halogens is 4. The highest BCUT2D eigenvalue weighted by Gasteiger charge is 2.41. The van der Waals surface area contributed by atoms with Crippen LogP contribution in [0.5, 0.6) is 0 Å². The number of allylic oxidation sites excluding steroid dienone is 1. The molecule has 1 aliphatic rings. The molecule has 2 aromatic heterocycles. The Morgan fingerprint density at radius 3 is 2.50 bits per heavy atom.